The maximum Gasteiger partial charge on any atom is 0.505 e. The van der Waals surface area contributed by atoms with Crippen molar-refractivity contribution in [1.82, 2.24) is 0 Å². The number of ether oxygens (including phenoxy) is 2. The second-order valence-electron chi connectivity index (χ2n) is 4.60. The van der Waals surface area contributed by atoms with E-state index >= 15 is 0 Å². The van der Waals surface area contributed by atoms with E-state index in [1.165, 1.54) is 19.3 Å². The third-order valence-electron chi connectivity index (χ3n) is 2.90. The van der Waals surface area contributed by atoms with Gasteiger partial charge in [0.15, 0.2) is 0 Å². The van der Waals surface area contributed by atoms with Crippen molar-refractivity contribution in [3.05, 3.63) is 0 Å². The highest BCUT2D eigenvalue weighted by molar-refractivity contribution is 5.56. The lowest BCUT2D eigenvalue weighted by atomic mass is 10.1. The first-order valence-electron chi connectivity index (χ1n) is 7.18. The highest BCUT2D eigenvalue weighted by Crippen LogP contribution is 2.12. The van der Waals surface area contributed by atoms with Crippen LogP contribution in [0.3, 0.4) is 0 Å². The summed E-state index contributed by atoms with van der Waals surface area (Å²) < 4.78 is 10.3. The van der Waals surface area contributed by atoms with Gasteiger partial charge in [-0.2, -0.15) is 0 Å². The lowest BCUT2D eigenvalue weighted by molar-refractivity contribution is 0.0176. The molecule has 0 heterocycles. The fourth-order valence-corrected chi connectivity index (χ4v) is 1.78. The van der Waals surface area contributed by atoms with Crippen molar-refractivity contribution in [2.45, 2.75) is 71.3 Å². The van der Waals surface area contributed by atoms with E-state index in [-0.39, 0.29) is 12.7 Å². The molecule has 18 heavy (non-hydrogen) atoms. The first-order valence-corrected chi connectivity index (χ1v) is 7.18. The van der Waals surface area contributed by atoms with Crippen molar-refractivity contribution >= 4 is 6.16 Å². The summed E-state index contributed by atoms with van der Waals surface area (Å²) in [6.45, 7) is 5.32. The maximum absolute atomic E-state index is 10.3. The fraction of sp³-hybridized carbons (Fsp3) is 0.929. The summed E-state index contributed by atoms with van der Waals surface area (Å²) in [5.74, 6) is 0. The summed E-state index contributed by atoms with van der Waals surface area (Å²) in [5.41, 5.74) is 0. The average Bonchev–Trinajstić information content (AvgIpc) is 2.33. The number of hydrogen-bond acceptors (Lipinski definition) is 3. The SMILES string of the molecule is CCCCCCC(CCOC(=O)O)OCCCC. The molecule has 0 radical (unpaired) electrons. The Labute approximate surface area is 111 Å². The van der Waals surface area contributed by atoms with Crippen LogP contribution in [0.1, 0.15) is 65.2 Å². The number of carbonyl (C=O) groups is 1. The molecule has 0 rings (SSSR count). The van der Waals surface area contributed by atoms with Gasteiger partial charge < -0.3 is 14.6 Å². The molecule has 1 atom stereocenters. The molecular weight excluding hydrogens is 232 g/mol. The molecule has 4 nitrogen and oxygen atoms in total. The maximum atomic E-state index is 10.3. The zero-order chi connectivity index (χ0) is 13.6. The first kappa shape index (κ1) is 17.2. The molecule has 0 amide bonds. The molecule has 0 fully saturated rings. The topological polar surface area (TPSA) is 55.8 Å². The average molecular weight is 260 g/mol. The van der Waals surface area contributed by atoms with Gasteiger partial charge in [-0.3, -0.25) is 0 Å². The molecule has 0 saturated carbocycles. The minimum absolute atomic E-state index is 0.146. The van der Waals surface area contributed by atoms with Crippen LogP contribution in [0.5, 0.6) is 0 Å². The summed E-state index contributed by atoms with van der Waals surface area (Å²) in [6, 6.07) is 0. The lowest BCUT2D eigenvalue weighted by Gasteiger charge is -2.17. The third-order valence-corrected chi connectivity index (χ3v) is 2.90. The van der Waals surface area contributed by atoms with Crippen LogP contribution in [0.4, 0.5) is 4.79 Å². The molecule has 0 aliphatic carbocycles. The molecule has 0 aliphatic heterocycles. The van der Waals surface area contributed by atoms with E-state index in [9.17, 15) is 4.79 Å². The summed E-state index contributed by atoms with van der Waals surface area (Å²) >= 11 is 0. The minimum atomic E-state index is -1.20. The highest BCUT2D eigenvalue weighted by atomic mass is 16.7. The quantitative estimate of drug-likeness (QED) is 0.421. The standard InChI is InChI=1S/C14H28O4/c1-3-5-7-8-9-13(17-11-6-4-2)10-12-18-14(15)16/h13H,3-12H2,1-2H3,(H,15,16). The van der Waals surface area contributed by atoms with Crippen molar-refractivity contribution in [2.75, 3.05) is 13.2 Å². The van der Waals surface area contributed by atoms with Crippen LogP contribution < -0.4 is 0 Å². The molecule has 108 valence electrons. The normalized spacial score (nSPS) is 12.3. The molecule has 0 aromatic heterocycles. The zero-order valence-electron chi connectivity index (χ0n) is 11.8. The van der Waals surface area contributed by atoms with E-state index in [4.69, 9.17) is 9.84 Å². The molecule has 1 unspecified atom stereocenters. The Bertz CT molecular complexity index is 194. The number of hydrogen-bond donors (Lipinski definition) is 1. The van der Waals surface area contributed by atoms with Crippen LogP contribution in [0.15, 0.2) is 0 Å². The Balaban J connectivity index is 3.72. The van der Waals surface area contributed by atoms with Crippen LogP contribution >= 0.6 is 0 Å². The molecule has 0 aromatic carbocycles. The largest absolute Gasteiger partial charge is 0.505 e. The summed E-state index contributed by atoms with van der Waals surface area (Å²) in [6.07, 6.45) is 7.66. The van der Waals surface area contributed by atoms with Crippen molar-refractivity contribution in [1.29, 1.82) is 0 Å². The van der Waals surface area contributed by atoms with Gasteiger partial charge >= 0.3 is 6.16 Å². The number of carboxylic acid groups (broad SMARTS) is 1. The number of unbranched alkanes of at least 4 members (excludes halogenated alkanes) is 4. The van der Waals surface area contributed by atoms with E-state index in [0.717, 1.165) is 32.3 Å². The molecule has 1 N–H and O–H groups in total. The Morgan fingerprint density at radius 2 is 1.72 bits per heavy atom. The molecule has 4 heteroatoms. The molecular formula is C14H28O4. The van der Waals surface area contributed by atoms with Gasteiger partial charge in [0.2, 0.25) is 0 Å². The predicted molar refractivity (Wildman–Crippen MR) is 72.0 cm³/mol. The fourth-order valence-electron chi connectivity index (χ4n) is 1.78. The first-order chi connectivity index (χ1) is 8.70. The van der Waals surface area contributed by atoms with E-state index in [1.54, 1.807) is 0 Å². The predicted octanol–water partition coefficient (Wildman–Crippen LogP) is 4.23. The Kier molecular flexibility index (Phi) is 12.1. The van der Waals surface area contributed by atoms with Gasteiger partial charge in [0.25, 0.3) is 0 Å². The van der Waals surface area contributed by atoms with Crippen LogP contribution in [0.25, 0.3) is 0 Å². The van der Waals surface area contributed by atoms with Crippen molar-refractivity contribution in [3.8, 4) is 0 Å². The van der Waals surface area contributed by atoms with E-state index in [1.807, 2.05) is 0 Å². The Hall–Kier alpha value is -0.770. The van der Waals surface area contributed by atoms with E-state index in [0.29, 0.717) is 6.42 Å². The second kappa shape index (κ2) is 12.7. The van der Waals surface area contributed by atoms with Crippen LogP contribution in [0, 0.1) is 0 Å². The summed E-state index contributed by atoms with van der Waals surface area (Å²) in [4.78, 5) is 10.3. The smallest absolute Gasteiger partial charge is 0.450 e. The van der Waals surface area contributed by atoms with Crippen LogP contribution in [-0.2, 0) is 9.47 Å². The molecule has 0 saturated heterocycles. The van der Waals surface area contributed by atoms with E-state index < -0.39 is 6.16 Å². The van der Waals surface area contributed by atoms with Crippen molar-refractivity contribution in [2.24, 2.45) is 0 Å². The van der Waals surface area contributed by atoms with Gasteiger partial charge in [-0.05, 0) is 12.8 Å². The zero-order valence-corrected chi connectivity index (χ0v) is 11.8. The van der Waals surface area contributed by atoms with Gasteiger partial charge in [-0.15, -0.1) is 0 Å². The molecule has 0 bridgehead atoms. The van der Waals surface area contributed by atoms with Gasteiger partial charge in [0, 0.05) is 13.0 Å². The van der Waals surface area contributed by atoms with Gasteiger partial charge in [-0.25, -0.2) is 4.79 Å². The van der Waals surface area contributed by atoms with Gasteiger partial charge in [-0.1, -0.05) is 46.0 Å². The second-order valence-corrected chi connectivity index (χ2v) is 4.60. The number of rotatable bonds is 12. The molecule has 0 spiro atoms. The summed E-state index contributed by atoms with van der Waals surface area (Å²) in [5, 5.41) is 8.42. The molecule has 0 aliphatic rings. The highest BCUT2D eigenvalue weighted by Gasteiger charge is 2.10. The van der Waals surface area contributed by atoms with Crippen molar-refractivity contribution in [3.63, 3.8) is 0 Å². The third kappa shape index (κ3) is 11.7. The monoisotopic (exact) mass is 260 g/mol. The molecule has 0 aromatic rings. The van der Waals surface area contributed by atoms with Gasteiger partial charge in [0.05, 0.1) is 12.7 Å². The Morgan fingerprint density at radius 3 is 2.33 bits per heavy atom. The van der Waals surface area contributed by atoms with E-state index in [2.05, 4.69) is 18.6 Å². The van der Waals surface area contributed by atoms with Crippen molar-refractivity contribution < 1.29 is 19.4 Å². The lowest BCUT2D eigenvalue weighted by Crippen LogP contribution is -2.17. The summed E-state index contributed by atoms with van der Waals surface area (Å²) in [7, 11) is 0. The van der Waals surface area contributed by atoms with Gasteiger partial charge in [0.1, 0.15) is 0 Å². The van der Waals surface area contributed by atoms with Crippen LogP contribution in [0.2, 0.25) is 0 Å². The minimum Gasteiger partial charge on any atom is -0.450 e. The Morgan fingerprint density at radius 1 is 1.00 bits per heavy atom. The van der Waals surface area contributed by atoms with Crippen LogP contribution in [-0.4, -0.2) is 30.6 Å².